The van der Waals surface area contributed by atoms with Crippen LogP contribution in [0.25, 0.3) is 0 Å². The minimum atomic E-state index is -0.417. The van der Waals surface area contributed by atoms with Crippen molar-refractivity contribution in [2.24, 2.45) is 0 Å². The van der Waals surface area contributed by atoms with Crippen molar-refractivity contribution < 1.29 is 55.9 Å². The smallest absolute Gasteiger partial charge is 1.00 e. The van der Waals surface area contributed by atoms with Crippen LogP contribution in [0.4, 0.5) is 0 Å². The molecule has 0 saturated heterocycles. The molecule has 0 aliphatic heterocycles. The van der Waals surface area contributed by atoms with E-state index in [4.69, 9.17) is 6.42 Å². The van der Waals surface area contributed by atoms with Crippen molar-refractivity contribution in [3.63, 3.8) is 0 Å². The predicted molar refractivity (Wildman–Crippen MR) is 67.7 cm³/mol. The van der Waals surface area contributed by atoms with Crippen molar-refractivity contribution in [1.29, 1.82) is 0 Å². The third-order valence-corrected chi connectivity index (χ3v) is 1.20. The Balaban J connectivity index is -0.0000000975. The van der Waals surface area contributed by atoms with E-state index in [1.807, 2.05) is 31.2 Å². The van der Waals surface area contributed by atoms with Gasteiger partial charge in [0, 0.05) is 5.56 Å². The molecule has 2 nitrogen and oxygen atoms in total. The third kappa shape index (κ3) is 32.1. The van der Waals surface area contributed by atoms with Crippen LogP contribution in [0.2, 0.25) is 0 Å². The maximum atomic E-state index is 9.53. The van der Waals surface area contributed by atoms with E-state index in [0.717, 1.165) is 5.56 Å². The third-order valence-electron chi connectivity index (χ3n) is 1.20. The standard InChI is InChI=1S/C9H7.2C3H7O.HI.Ti/c1-3-9-6-4-8(2)5-7-9;2*1-3(2)4;;/h4-7H,2H3;2*3H,1-2H3;1H;/q;2*-1;;+3/p-1. The average molecular weight is 408 g/mol. The second-order valence-corrected chi connectivity index (χ2v) is 4.09. The molecule has 0 aliphatic rings. The summed E-state index contributed by atoms with van der Waals surface area (Å²) < 4.78 is 0. The molecular weight excluding hydrogens is 387 g/mol. The average Bonchev–Trinajstić information content (AvgIpc) is 2.17. The monoisotopic (exact) mass is 408 g/mol. The first-order valence-corrected chi connectivity index (χ1v) is 5.60. The van der Waals surface area contributed by atoms with E-state index >= 15 is 0 Å². The second kappa shape index (κ2) is 18.1. The maximum Gasteiger partial charge on any atom is 3.00 e. The van der Waals surface area contributed by atoms with Gasteiger partial charge in [-0.2, -0.15) is 0 Å². The number of hydrogen-bond acceptors (Lipinski definition) is 2. The Labute approximate surface area is 149 Å². The molecule has 0 aliphatic carbocycles. The summed E-state index contributed by atoms with van der Waals surface area (Å²) in [6.45, 7) is 8.47. The fourth-order valence-corrected chi connectivity index (χ4v) is 0.637. The topological polar surface area (TPSA) is 46.1 Å². The van der Waals surface area contributed by atoms with Crippen LogP contribution in [0.3, 0.4) is 0 Å². The van der Waals surface area contributed by atoms with Crippen molar-refractivity contribution in [3.05, 3.63) is 41.8 Å². The molecular formula is C15H21IO2Ti. The van der Waals surface area contributed by atoms with Crippen molar-refractivity contribution in [2.45, 2.75) is 46.8 Å². The summed E-state index contributed by atoms with van der Waals surface area (Å²) in [5.41, 5.74) is 2.05. The molecule has 1 aromatic carbocycles. The Morgan fingerprint density at radius 3 is 1.42 bits per heavy atom. The van der Waals surface area contributed by atoms with Crippen molar-refractivity contribution in [2.75, 3.05) is 0 Å². The summed E-state index contributed by atoms with van der Waals surface area (Å²) in [4.78, 5) is 0. The molecule has 104 valence electrons. The molecule has 1 aromatic rings. The van der Waals surface area contributed by atoms with Gasteiger partial charge in [0.2, 0.25) is 0 Å². The van der Waals surface area contributed by atoms with Gasteiger partial charge >= 0.3 is 21.7 Å². The number of aryl methyl sites for hydroxylation is 1. The molecule has 0 N–H and O–H groups in total. The van der Waals surface area contributed by atoms with Gasteiger partial charge in [-0.05, 0) is 25.5 Å². The molecule has 0 amide bonds. The van der Waals surface area contributed by atoms with E-state index in [1.54, 1.807) is 27.7 Å². The van der Waals surface area contributed by atoms with Crippen LogP contribution in [0, 0.1) is 19.3 Å². The zero-order chi connectivity index (χ0) is 13.8. The maximum absolute atomic E-state index is 9.53. The molecule has 0 fully saturated rings. The van der Waals surface area contributed by atoms with E-state index in [-0.39, 0.29) is 45.7 Å². The van der Waals surface area contributed by atoms with Crippen molar-refractivity contribution in [1.82, 2.24) is 0 Å². The largest absolute Gasteiger partial charge is 3.00 e. The minimum absolute atomic E-state index is 0. The Morgan fingerprint density at radius 2 is 1.21 bits per heavy atom. The SMILES string of the molecule is CC(C)[O-].CC(C)[O-].[C]#Cc1ccc(C)cc1.[I-].[Ti+3]. The normalized spacial score (nSPS) is 7.79. The summed E-state index contributed by atoms with van der Waals surface area (Å²) >= 11 is 0. The van der Waals surface area contributed by atoms with Gasteiger partial charge in [0.25, 0.3) is 0 Å². The first-order valence-electron chi connectivity index (χ1n) is 5.60. The fourth-order valence-electron chi connectivity index (χ4n) is 0.637. The van der Waals surface area contributed by atoms with Crippen LogP contribution >= 0.6 is 0 Å². The molecule has 0 atom stereocenters. The van der Waals surface area contributed by atoms with Crippen LogP contribution in [0.5, 0.6) is 0 Å². The number of halogens is 1. The van der Waals surface area contributed by atoms with Crippen LogP contribution in [-0.4, -0.2) is 12.2 Å². The van der Waals surface area contributed by atoms with Crippen molar-refractivity contribution >= 4 is 0 Å². The molecule has 4 heteroatoms. The predicted octanol–water partition coefficient (Wildman–Crippen LogP) is -1.56. The van der Waals surface area contributed by atoms with Gasteiger partial charge in [0.1, 0.15) is 0 Å². The van der Waals surface area contributed by atoms with Gasteiger partial charge in [0.05, 0.1) is 0 Å². The molecule has 0 aromatic heterocycles. The molecule has 0 saturated carbocycles. The van der Waals surface area contributed by atoms with E-state index < -0.39 is 12.2 Å². The summed E-state index contributed by atoms with van der Waals surface area (Å²) in [5, 5.41) is 19.1. The van der Waals surface area contributed by atoms with E-state index in [1.165, 1.54) is 5.56 Å². The molecule has 0 unspecified atom stereocenters. The first-order chi connectivity index (χ1) is 7.79. The molecule has 0 heterocycles. The Kier molecular flexibility index (Phi) is 26.2. The van der Waals surface area contributed by atoms with E-state index in [2.05, 4.69) is 5.92 Å². The fraction of sp³-hybridized carbons (Fsp3) is 0.467. The summed E-state index contributed by atoms with van der Waals surface area (Å²) in [5.74, 6) is 2.30. The Hall–Kier alpha value is 0.144. The number of hydrogen-bond donors (Lipinski definition) is 0. The van der Waals surface area contributed by atoms with Crippen LogP contribution in [0.15, 0.2) is 24.3 Å². The summed E-state index contributed by atoms with van der Waals surface area (Å²) in [7, 11) is 0. The van der Waals surface area contributed by atoms with Gasteiger partial charge in [-0.15, -0.1) is 12.2 Å². The van der Waals surface area contributed by atoms with Crippen LogP contribution in [-0.2, 0) is 21.7 Å². The van der Waals surface area contributed by atoms with Gasteiger partial charge in [-0.3, -0.25) is 0 Å². The minimum Gasteiger partial charge on any atom is -1.00 e. The molecule has 2 radical (unpaired) electrons. The van der Waals surface area contributed by atoms with Gasteiger partial charge in [-0.25, -0.2) is 0 Å². The van der Waals surface area contributed by atoms with E-state index in [0.29, 0.717) is 0 Å². The quantitative estimate of drug-likeness (QED) is 0.297. The molecule has 0 bridgehead atoms. The van der Waals surface area contributed by atoms with Crippen LogP contribution in [0.1, 0.15) is 38.8 Å². The zero-order valence-corrected chi connectivity index (χ0v) is 15.9. The second-order valence-electron chi connectivity index (χ2n) is 4.09. The first kappa shape index (κ1) is 27.5. The Morgan fingerprint density at radius 1 is 0.947 bits per heavy atom. The van der Waals surface area contributed by atoms with Gasteiger partial charge < -0.3 is 34.2 Å². The van der Waals surface area contributed by atoms with Crippen LogP contribution < -0.4 is 34.2 Å². The van der Waals surface area contributed by atoms with Gasteiger partial charge in [0.15, 0.2) is 0 Å². The molecule has 1 rings (SSSR count). The number of benzene rings is 1. The number of rotatable bonds is 0. The van der Waals surface area contributed by atoms with Crippen molar-refractivity contribution in [3.8, 4) is 5.92 Å². The van der Waals surface area contributed by atoms with Gasteiger partial charge in [-0.1, -0.05) is 51.3 Å². The Bertz CT molecular complexity index is 304. The summed E-state index contributed by atoms with van der Waals surface area (Å²) in [6, 6.07) is 7.69. The molecule has 0 spiro atoms. The summed E-state index contributed by atoms with van der Waals surface area (Å²) in [6.07, 6.45) is 5.93. The molecule has 19 heavy (non-hydrogen) atoms. The zero-order valence-electron chi connectivity index (χ0n) is 12.2. The van der Waals surface area contributed by atoms with E-state index in [9.17, 15) is 10.2 Å².